The Labute approximate surface area is 129 Å². The molecule has 2 amide bonds. The highest BCUT2D eigenvalue weighted by atomic mass is 16.5. The van der Waals surface area contributed by atoms with Crippen molar-refractivity contribution in [2.75, 3.05) is 26.8 Å². The second kappa shape index (κ2) is 6.04. The molecule has 6 heteroatoms. The van der Waals surface area contributed by atoms with E-state index in [1.165, 1.54) is 7.11 Å². The minimum Gasteiger partial charge on any atom is -0.375 e. The predicted molar refractivity (Wildman–Crippen MR) is 80.2 cm³/mol. The van der Waals surface area contributed by atoms with Crippen LogP contribution in [0.5, 0.6) is 0 Å². The van der Waals surface area contributed by atoms with Gasteiger partial charge in [0.15, 0.2) is 0 Å². The Kier molecular flexibility index (Phi) is 4.11. The van der Waals surface area contributed by atoms with Gasteiger partial charge in [-0.1, -0.05) is 0 Å². The number of pyridine rings is 1. The molecule has 2 saturated heterocycles. The zero-order chi connectivity index (χ0) is 15.6. The molecular weight excluding hydrogens is 282 g/mol. The first-order chi connectivity index (χ1) is 10.6. The first-order valence-electron chi connectivity index (χ1n) is 7.62. The van der Waals surface area contributed by atoms with Crippen LogP contribution in [0.4, 0.5) is 0 Å². The van der Waals surface area contributed by atoms with Crippen LogP contribution < -0.4 is 5.32 Å². The highest BCUT2D eigenvalue weighted by Gasteiger charge is 2.46. The molecule has 1 atom stereocenters. The van der Waals surface area contributed by atoms with E-state index >= 15 is 0 Å². The molecule has 3 rings (SSSR count). The number of aromatic nitrogens is 1. The summed E-state index contributed by atoms with van der Waals surface area (Å²) in [7, 11) is 1.53. The van der Waals surface area contributed by atoms with E-state index in [9.17, 15) is 9.59 Å². The topological polar surface area (TPSA) is 71.5 Å². The first-order valence-corrected chi connectivity index (χ1v) is 7.62. The third kappa shape index (κ3) is 2.83. The van der Waals surface area contributed by atoms with E-state index in [-0.39, 0.29) is 29.9 Å². The molecule has 22 heavy (non-hydrogen) atoms. The van der Waals surface area contributed by atoms with Gasteiger partial charge in [-0.2, -0.15) is 0 Å². The summed E-state index contributed by atoms with van der Waals surface area (Å²) in [6, 6.07) is 3.81. The van der Waals surface area contributed by atoms with Crippen molar-refractivity contribution in [2.45, 2.75) is 30.7 Å². The lowest BCUT2D eigenvalue weighted by Crippen LogP contribution is -2.52. The van der Waals surface area contributed by atoms with E-state index in [0.717, 1.165) is 24.8 Å². The number of rotatable bonds is 3. The predicted octanol–water partition coefficient (Wildman–Crippen LogP) is 0.693. The molecule has 1 spiro atoms. The number of hydrogen-bond acceptors (Lipinski definition) is 4. The molecule has 1 unspecified atom stereocenters. The molecule has 2 fully saturated rings. The van der Waals surface area contributed by atoms with Crippen molar-refractivity contribution >= 4 is 11.8 Å². The zero-order valence-electron chi connectivity index (χ0n) is 12.7. The van der Waals surface area contributed by atoms with Crippen LogP contribution in [0.3, 0.4) is 0 Å². The summed E-state index contributed by atoms with van der Waals surface area (Å²) in [5, 5.41) is 3.18. The van der Waals surface area contributed by atoms with Gasteiger partial charge in [0.2, 0.25) is 11.8 Å². The number of piperidine rings is 1. The van der Waals surface area contributed by atoms with Gasteiger partial charge in [0.1, 0.15) is 6.61 Å². The Balaban J connectivity index is 1.65. The summed E-state index contributed by atoms with van der Waals surface area (Å²) in [6.07, 6.45) is 5.84. The summed E-state index contributed by atoms with van der Waals surface area (Å²) in [6.45, 7) is 1.47. The number of carbonyl (C=O) groups excluding carboxylic acids is 2. The second-order valence-electron chi connectivity index (χ2n) is 6.12. The van der Waals surface area contributed by atoms with Crippen molar-refractivity contribution in [1.29, 1.82) is 0 Å². The normalized spacial score (nSPS) is 23.6. The fraction of sp³-hybridized carbons (Fsp3) is 0.562. The quantitative estimate of drug-likeness (QED) is 0.892. The number of likely N-dealkylation sites (tertiary alicyclic amines) is 1. The summed E-state index contributed by atoms with van der Waals surface area (Å²) in [5.41, 5.74) is 0.844. The van der Waals surface area contributed by atoms with Gasteiger partial charge in [0.25, 0.3) is 0 Å². The number of ether oxygens (including phenoxy) is 1. The van der Waals surface area contributed by atoms with E-state index in [2.05, 4.69) is 10.3 Å². The Hall–Kier alpha value is -1.95. The number of nitrogens with one attached hydrogen (secondary N) is 1. The zero-order valence-corrected chi connectivity index (χ0v) is 12.7. The van der Waals surface area contributed by atoms with Crippen molar-refractivity contribution in [3.05, 3.63) is 30.1 Å². The summed E-state index contributed by atoms with van der Waals surface area (Å²) < 4.78 is 4.90. The Morgan fingerprint density at radius 1 is 1.41 bits per heavy atom. The maximum absolute atomic E-state index is 12.3. The van der Waals surface area contributed by atoms with Crippen molar-refractivity contribution in [2.24, 2.45) is 0 Å². The molecule has 0 saturated carbocycles. The second-order valence-corrected chi connectivity index (χ2v) is 6.12. The maximum atomic E-state index is 12.3. The van der Waals surface area contributed by atoms with Gasteiger partial charge in [0.05, 0.1) is 5.92 Å². The molecule has 2 aliphatic rings. The molecule has 118 valence electrons. The fourth-order valence-electron chi connectivity index (χ4n) is 3.48. The van der Waals surface area contributed by atoms with Crippen molar-refractivity contribution in [1.82, 2.24) is 15.2 Å². The van der Waals surface area contributed by atoms with Crippen LogP contribution >= 0.6 is 0 Å². The molecular formula is C16H21N3O3. The average Bonchev–Trinajstić information content (AvgIpc) is 2.85. The molecule has 0 aliphatic carbocycles. The molecule has 1 aromatic heterocycles. The van der Waals surface area contributed by atoms with Crippen LogP contribution in [-0.4, -0.2) is 54.0 Å². The molecule has 1 aromatic rings. The largest absolute Gasteiger partial charge is 0.375 e. The number of methoxy groups -OCH3 is 1. The Bertz CT molecular complexity index is 553. The van der Waals surface area contributed by atoms with Crippen LogP contribution in [0, 0.1) is 0 Å². The van der Waals surface area contributed by atoms with Crippen molar-refractivity contribution < 1.29 is 14.3 Å². The number of hydrogen-bond donors (Lipinski definition) is 1. The van der Waals surface area contributed by atoms with Gasteiger partial charge >= 0.3 is 0 Å². The molecule has 2 aliphatic heterocycles. The fourth-order valence-corrected chi connectivity index (χ4v) is 3.48. The smallest absolute Gasteiger partial charge is 0.248 e. The lowest BCUT2D eigenvalue weighted by atomic mass is 9.82. The molecule has 3 heterocycles. The van der Waals surface area contributed by atoms with Crippen LogP contribution in [0.25, 0.3) is 0 Å². The molecule has 0 bridgehead atoms. The third-order valence-corrected chi connectivity index (χ3v) is 4.75. The first kappa shape index (κ1) is 15.0. The highest BCUT2D eigenvalue weighted by Crippen LogP contribution is 2.39. The number of nitrogens with zero attached hydrogens (tertiary/aromatic N) is 2. The van der Waals surface area contributed by atoms with E-state index in [4.69, 9.17) is 4.74 Å². The van der Waals surface area contributed by atoms with E-state index in [1.54, 1.807) is 12.4 Å². The minimum absolute atomic E-state index is 0.0207. The van der Waals surface area contributed by atoms with Crippen LogP contribution in [0.1, 0.15) is 30.7 Å². The Morgan fingerprint density at radius 2 is 2.09 bits per heavy atom. The van der Waals surface area contributed by atoms with Crippen molar-refractivity contribution in [3.63, 3.8) is 0 Å². The maximum Gasteiger partial charge on any atom is 0.248 e. The van der Waals surface area contributed by atoms with Gasteiger partial charge in [0, 0.05) is 38.1 Å². The van der Waals surface area contributed by atoms with Gasteiger partial charge in [-0.3, -0.25) is 14.6 Å². The molecule has 0 aromatic carbocycles. The monoisotopic (exact) mass is 303 g/mol. The summed E-state index contributed by atoms with van der Waals surface area (Å²) in [5.74, 6) is -0.000507. The lowest BCUT2D eigenvalue weighted by Gasteiger charge is -2.39. The molecule has 1 N–H and O–H groups in total. The summed E-state index contributed by atoms with van der Waals surface area (Å²) in [4.78, 5) is 30.0. The minimum atomic E-state index is -0.172. The number of carbonyl (C=O) groups is 2. The SMILES string of the molecule is COCC(=O)N1CCC2(CC1)CC(c1ccncc1)C(=O)N2. The standard InChI is InChI=1S/C16H21N3O3/c1-22-11-14(20)19-8-4-16(5-9-19)10-13(15(21)18-16)12-2-6-17-7-3-12/h2-3,6-7,13H,4-5,8-11H2,1H3,(H,18,21). The van der Waals surface area contributed by atoms with Crippen LogP contribution in [0.2, 0.25) is 0 Å². The van der Waals surface area contributed by atoms with E-state index in [0.29, 0.717) is 13.1 Å². The molecule has 0 radical (unpaired) electrons. The van der Waals surface area contributed by atoms with Crippen LogP contribution in [0.15, 0.2) is 24.5 Å². The van der Waals surface area contributed by atoms with Gasteiger partial charge in [-0.05, 0) is 37.0 Å². The van der Waals surface area contributed by atoms with Crippen LogP contribution in [-0.2, 0) is 14.3 Å². The third-order valence-electron chi connectivity index (χ3n) is 4.75. The van der Waals surface area contributed by atoms with Gasteiger partial charge in [-0.15, -0.1) is 0 Å². The van der Waals surface area contributed by atoms with Gasteiger partial charge < -0.3 is 15.0 Å². The Morgan fingerprint density at radius 3 is 2.73 bits per heavy atom. The summed E-state index contributed by atoms with van der Waals surface area (Å²) >= 11 is 0. The van der Waals surface area contributed by atoms with E-state index in [1.807, 2.05) is 17.0 Å². The average molecular weight is 303 g/mol. The number of amides is 2. The molecule has 6 nitrogen and oxygen atoms in total. The highest BCUT2D eigenvalue weighted by molar-refractivity contribution is 5.87. The lowest BCUT2D eigenvalue weighted by molar-refractivity contribution is -0.136. The van der Waals surface area contributed by atoms with Crippen molar-refractivity contribution in [3.8, 4) is 0 Å². The van der Waals surface area contributed by atoms with E-state index < -0.39 is 0 Å². The van der Waals surface area contributed by atoms with Gasteiger partial charge in [-0.25, -0.2) is 0 Å².